The molecule has 1 aromatic heterocycles. The van der Waals surface area contributed by atoms with Gasteiger partial charge in [0.15, 0.2) is 0 Å². The molecule has 1 fully saturated rings. The van der Waals surface area contributed by atoms with Crippen LogP contribution in [-0.2, 0) is 5.41 Å². The van der Waals surface area contributed by atoms with Gasteiger partial charge in [-0.3, -0.25) is 0 Å². The quantitative estimate of drug-likeness (QED) is 0.811. The van der Waals surface area contributed by atoms with E-state index in [2.05, 4.69) is 39.8 Å². The number of aliphatic hydroxyl groups is 1. The lowest BCUT2D eigenvalue weighted by atomic mass is 9.77. The predicted molar refractivity (Wildman–Crippen MR) is 79.2 cm³/mol. The largest absolute Gasteiger partial charge is 0.387 e. The van der Waals surface area contributed by atoms with Crippen LogP contribution in [0.2, 0.25) is 0 Å². The lowest BCUT2D eigenvalue weighted by molar-refractivity contribution is 0.0265. The van der Waals surface area contributed by atoms with Gasteiger partial charge in [0.05, 0.1) is 6.10 Å². The van der Waals surface area contributed by atoms with E-state index in [1.54, 1.807) is 11.3 Å². The maximum Gasteiger partial charge on any atom is 0.0937 e. The van der Waals surface area contributed by atoms with Crippen molar-refractivity contribution in [3.8, 4) is 0 Å². The van der Waals surface area contributed by atoms with Gasteiger partial charge in [0.2, 0.25) is 0 Å². The second-order valence-electron chi connectivity index (χ2n) is 6.78. The van der Waals surface area contributed by atoms with Crippen molar-refractivity contribution in [3.05, 3.63) is 21.9 Å². The Balaban J connectivity index is 2.23. The van der Waals surface area contributed by atoms with E-state index in [-0.39, 0.29) is 16.9 Å². The van der Waals surface area contributed by atoms with Gasteiger partial charge in [-0.1, -0.05) is 40.5 Å². The van der Waals surface area contributed by atoms with E-state index in [9.17, 15) is 5.11 Å². The zero-order valence-electron chi connectivity index (χ0n) is 12.1. The molecule has 0 radical (unpaired) electrons. The van der Waals surface area contributed by atoms with Gasteiger partial charge in [-0.25, -0.2) is 0 Å². The van der Waals surface area contributed by atoms with Crippen molar-refractivity contribution >= 4 is 11.3 Å². The monoisotopic (exact) mass is 266 g/mol. The van der Waals surface area contributed by atoms with Crippen LogP contribution in [0, 0.1) is 5.41 Å². The van der Waals surface area contributed by atoms with Gasteiger partial charge in [0.1, 0.15) is 0 Å². The lowest BCUT2D eigenvalue weighted by Gasteiger charge is -2.32. The van der Waals surface area contributed by atoms with Crippen LogP contribution < -0.4 is 0 Å². The molecule has 18 heavy (non-hydrogen) atoms. The molecule has 1 aromatic rings. The van der Waals surface area contributed by atoms with E-state index in [1.165, 1.54) is 35.4 Å². The molecular formula is C16H26OS. The second-order valence-corrected chi connectivity index (χ2v) is 7.89. The minimum Gasteiger partial charge on any atom is -0.387 e. The third kappa shape index (κ3) is 2.50. The molecule has 2 rings (SSSR count). The molecule has 1 aliphatic carbocycles. The molecule has 1 nitrogen and oxygen atoms in total. The average molecular weight is 266 g/mol. The highest BCUT2D eigenvalue weighted by Crippen LogP contribution is 2.51. The lowest BCUT2D eigenvalue weighted by Crippen LogP contribution is -2.24. The fourth-order valence-electron chi connectivity index (χ4n) is 3.10. The molecular weight excluding hydrogens is 240 g/mol. The first kappa shape index (κ1) is 14.1. The van der Waals surface area contributed by atoms with Crippen LogP contribution in [0.25, 0.3) is 0 Å². The molecule has 0 aliphatic heterocycles. The van der Waals surface area contributed by atoms with Gasteiger partial charge < -0.3 is 5.11 Å². The van der Waals surface area contributed by atoms with Crippen LogP contribution in [0.4, 0.5) is 0 Å². The smallest absolute Gasteiger partial charge is 0.0937 e. The minimum absolute atomic E-state index is 0.153. The molecule has 102 valence electrons. The Hall–Kier alpha value is -0.340. The summed E-state index contributed by atoms with van der Waals surface area (Å²) in [6.45, 7) is 8.94. The predicted octanol–water partition coefficient (Wildman–Crippen LogP) is 5.05. The van der Waals surface area contributed by atoms with E-state index < -0.39 is 0 Å². The van der Waals surface area contributed by atoms with Crippen LogP contribution in [0.3, 0.4) is 0 Å². The molecule has 1 aliphatic rings. The normalized spacial score (nSPS) is 21.2. The van der Waals surface area contributed by atoms with Gasteiger partial charge in [0.25, 0.3) is 0 Å². The zero-order valence-corrected chi connectivity index (χ0v) is 12.9. The molecule has 1 heterocycles. The maximum atomic E-state index is 10.8. The first-order valence-electron chi connectivity index (χ1n) is 7.17. The maximum absolute atomic E-state index is 10.8. The Kier molecular flexibility index (Phi) is 3.89. The Morgan fingerprint density at radius 2 is 1.89 bits per heavy atom. The molecule has 0 saturated heterocycles. The van der Waals surface area contributed by atoms with Gasteiger partial charge in [-0.05, 0) is 36.8 Å². The van der Waals surface area contributed by atoms with Crippen molar-refractivity contribution in [1.29, 1.82) is 0 Å². The van der Waals surface area contributed by atoms with Crippen LogP contribution in [0.1, 0.15) is 75.7 Å². The Labute approximate surface area is 115 Å². The van der Waals surface area contributed by atoms with Crippen LogP contribution in [0.15, 0.2) is 12.1 Å². The molecule has 0 bridgehead atoms. The minimum atomic E-state index is -0.258. The van der Waals surface area contributed by atoms with Crippen molar-refractivity contribution in [2.24, 2.45) is 5.41 Å². The first-order chi connectivity index (χ1) is 8.39. The van der Waals surface area contributed by atoms with Crippen molar-refractivity contribution < 1.29 is 5.11 Å². The fourth-order valence-corrected chi connectivity index (χ4v) is 4.30. The summed E-state index contributed by atoms with van der Waals surface area (Å²) in [5.41, 5.74) is 0.345. The summed E-state index contributed by atoms with van der Waals surface area (Å²) in [5.74, 6) is 0. The van der Waals surface area contributed by atoms with Gasteiger partial charge in [0, 0.05) is 15.2 Å². The summed E-state index contributed by atoms with van der Waals surface area (Å²) in [6.07, 6.45) is 5.77. The summed E-state index contributed by atoms with van der Waals surface area (Å²) >= 11 is 1.80. The molecule has 0 spiro atoms. The summed E-state index contributed by atoms with van der Waals surface area (Å²) in [6, 6.07) is 4.34. The van der Waals surface area contributed by atoms with Crippen LogP contribution in [-0.4, -0.2) is 5.11 Å². The van der Waals surface area contributed by atoms with Gasteiger partial charge in [-0.15, -0.1) is 11.3 Å². The molecule has 1 unspecified atom stereocenters. The molecule has 2 heteroatoms. The summed E-state index contributed by atoms with van der Waals surface area (Å²) in [4.78, 5) is 2.55. The first-order valence-corrected chi connectivity index (χ1v) is 7.99. The number of thiophene rings is 1. The topological polar surface area (TPSA) is 20.2 Å². The Morgan fingerprint density at radius 3 is 2.33 bits per heavy atom. The molecule has 0 amide bonds. The van der Waals surface area contributed by atoms with Gasteiger partial charge >= 0.3 is 0 Å². The highest BCUT2D eigenvalue weighted by Gasteiger charge is 2.40. The van der Waals surface area contributed by atoms with E-state index in [0.717, 1.165) is 6.42 Å². The highest BCUT2D eigenvalue weighted by molar-refractivity contribution is 7.12. The molecule has 1 saturated carbocycles. The van der Waals surface area contributed by atoms with Crippen molar-refractivity contribution in [3.63, 3.8) is 0 Å². The Bertz CT molecular complexity index is 393. The summed E-state index contributed by atoms with van der Waals surface area (Å²) in [5, 5.41) is 10.8. The third-order valence-electron chi connectivity index (χ3n) is 4.52. The van der Waals surface area contributed by atoms with Crippen molar-refractivity contribution in [2.75, 3.05) is 0 Å². The highest BCUT2D eigenvalue weighted by atomic mass is 32.1. The summed E-state index contributed by atoms with van der Waals surface area (Å²) in [7, 11) is 0. The third-order valence-corrected chi connectivity index (χ3v) is 6.08. The molecule has 1 N–H and O–H groups in total. The number of hydrogen-bond acceptors (Lipinski definition) is 2. The van der Waals surface area contributed by atoms with Crippen molar-refractivity contribution in [2.45, 2.75) is 71.3 Å². The number of hydrogen-bond donors (Lipinski definition) is 1. The number of rotatable bonds is 3. The van der Waals surface area contributed by atoms with E-state index in [4.69, 9.17) is 0 Å². The molecule has 1 atom stereocenters. The Morgan fingerprint density at radius 1 is 1.28 bits per heavy atom. The molecule has 0 aromatic carbocycles. The van der Waals surface area contributed by atoms with Crippen LogP contribution >= 0.6 is 11.3 Å². The zero-order chi connectivity index (χ0) is 13.4. The van der Waals surface area contributed by atoms with Crippen molar-refractivity contribution in [1.82, 2.24) is 0 Å². The fraction of sp³-hybridized carbons (Fsp3) is 0.750. The van der Waals surface area contributed by atoms with E-state index in [1.807, 2.05) is 0 Å². The SMILES string of the molecule is CCC1(C(O)c2ccc(C(C)(C)C)s2)CCCC1. The van der Waals surface area contributed by atoms with Crippen LogP contribution in [0.5, 0.6) is 0 Å². The second kappa shape index (κ2) is 4.97. The standard InChI is InChI=1S/C16H26OS/c1-5-16(10-6-7-11-16)14(17)12-8-9-13(18-12)15(2,3)4/h8-9,14,17H,5-7,10-11H2,1-4H3. The van der Waals surface area contributed by atoms with Gasteiger partial charge in [-0.2, -0.15) is 0 Å². The summed E-state index contributed by atoms with van der Waals surface area (Å²) < 4.78 is 0. The average Bonchev–Trinajstić information content (AvgIpc) is 2.97. The van der Waals surface area contributed by atoms with E-state index in [0.29, 0.717) is 0 Å². The number of aliphatic hydroxyl groups excluding tert-OH is 1. The van der Waals surface area contributed by atoms with E-state index >= 15 is 0 Å².